The number of rotatable bonds is 8. The van der Waals surface area contributed by atoms with E-state index in [-0.39, 0.29) is 5.91 Å². The standard InChI is InChI=1S/C24H26ClN3O3S/c1-17-22(16-32-21-8-6-20(25)7-9-21)27-24(31-17)19-4-2-18(3-5-19)23(29)26-10-11-28-12-14-30-15-13-28/h2-9H,10-16H2,1H3,(H,26,29). The highest BCUT2D eigenvalue weighted by atomic mass is 35.5. The molecule has 4 rings (SSSR count). The summed E-state index contributed by atoms with van der Waals surface area (Å²) in [6.07, 6.45) is 0. The fraction of sp³-hybridized carbons (Fsp3) is 0.333. The number of morpholine rings is 1. The van der Waals surface area contributed by atoms with E-state index in [0.717, 1.165) is 59.8 Å². The lowest BCUT2D eigenvalue weighted by molar-refractivity contribution is 0.0383. The number of oxazole rings is 1. The summed E-state index contributed by atoms with van der Waals surface area (Å²) in [5.41, 5.74) is 2.38. The van der Waals surface area contributed by atoms with E-state index in [0.29, 0.717) is 23.8 Å². The first-order valence-electron chi connectivity index (χ1n) is 10.6. The third kappa shape index (κ3) is 6.13. The van der Waals surface area contributed by atoms with Crippen molar-refractivity contribution in [2.24, 2.45) is 0 Å². The fourth-order valence-corrected chi connectivity index (χ4v) is 4.41. The molecular formula is C24H26ClN3O3S. The SMILES string of the molecule is Cc1oc(-c2ccc(C(=O)NCCN3CCOCC3)cc2)nc1CSc1ccc(Cl)cc1. The number of nitrogens with zero attached hydrogens (tertiary/aromatic N) is 2. The lowest BCUT2D eigenvalue weighted by atomic mass is 10.1. The normalized spacial score (nSPS) is 14.4. The lowest BCUT2D eigenvalue weighted by Gasteiger charge is -2.26. The molecule has 1 saturated heterocycles. The van der Waals surface area contributed by atoms with Crippen LogP contribution in [-0.2, 0) is 10.5 Å². The van der Waals surface area contributed by atoms with Crippen LogP contribution in [0.25, 0.3) is 11.5 Å². The minimum Gasteiger partial charge on any atom is -0.441 e. The second-order valence-electron chi connectivity index (χ2n) is 7.55. The lowest BCUT2D eigenvalue weighted by Crippen LogP contribution is -2.41. The van der Waals surface area contributed by atoms with E-state index in [1.54, 1.807) is 23.9 Å². The maximum Gasteiger partial charge on any atom is 0.251 e. The van der Waals surface area contributed by atoms with Crippen molar-refractivity contribution in [2.75, 3.05) is 39.4 Å². The van der Waals surface area contributed by atoms with Gasteiger partial charge in [0.15, 0.2) is 0 Å². The van der Waals surface area contributed by atoms with Crippen LogP contribution in [0.4, 0.5) is 0 Å². The molecule has 32 heavy (non-hydrogen) atoms. The van der Waals surface area contributed by atoms with Crippen LogP contribution in [0.5, 0.6) is 0 Å². The van der Waals surface area contributed by atoms with E-state index in [4.69, 9.17) is 20.8 Å². The smallest absolute Gasteiger partial charge is 0.251 e. The van der Waals surface area contributed by atoms with Crippen LogP contribution in [0.1, 0.15) is 21.8 Å². The molecule has 0 bridgehead atoms. The van der Waals surface area contributed by atoms with Gasteiger partial charge in [0.1, 0.15) is 5.76 Å². The van der Waals surface area contributed by atoms with Gasteiger partial charge in [-0.05, 0) is 55.5 Å². The number of thioether (sulfide) groups is 1. The van der Waals surface area contributed by atoms with Crippen molar-refractivity contribution in [3.05, 3.63) is 70.6 Å². The molecule has 1 N–H and O–H groups in total. The highest BCUT2D eigenvalue weighted by molar-refractivity contribution is 7.98. The number of amides is 1. The zero-order valence-corrected chi connectivity index (χ0v) is 19.5. The van der Waals surface area contributed by atoms with Crippen molar-refractivity contribution in [1.29, 1.82) is 0 Å². The van der Waals surface area contributed by atoms with E-state index < -0.39 is 0 Å². The first kappa shape index (κ1) is 22.9. The largest absolute Gasteiger partial charge is 0.441 e. The number of halogens is 1. The van der Waals surface area contributed by atoms with E-state index in [1.807, 2.05) is 43.3 Å². The molecule has 2 heterocycles. The minimum atomic E-state index is -0.0755. The number of nitrogens with one attached hydrogen (secondary N) is 1. The van der Waals surface area contributed by atoms with Crippen LogP contribution >= 0.6 is 23.4 Å². The molecule has 1 amide bonds. The zero-order chi connectivity index (χ0) is 22.3. The van der Waals surface area contributed by atoms with Crippen molar-refractivity contribution in [1.82, 2.24) is 15.2 Å². The van der Waals surface area contributed by atoms with Crippen LogP contribution in [-0.4, -0.2) is 55.2 Å². The molecule has 0 saturated carbocycles. The van der Waals surface area contributed by atoms with Crippen LogP contribution in [0.15, 0.2) is 57.8 Å². The van der Waals surface area contributed by atoms with E-state index >= 15 is 0 Å². The summed E-state index contributed by atoms with van der Waals surface area (Å²) in [7, 11) is 0. The van der Waals surface area contributed by atoms with Crippen molar-refractivity contribution in [3.8, 4) is 11.5 Å². The molecule has 0 unspecified atom stereocenters. The van der Waals surface area contributed by atoms with Gasteiger partial charge in [-0.1, -0.05) is 11.6 Å². The third-order valence-corrected chi connectivity index (χ3v) is 6.57. The first-order chi connectivity index (χ1) is 15.6. The molecule has 8 heteroatoms. The molecular weight excluding hydrogens is 446 g/mol. The Labute approximate surface area is 197 Å². The summed E-state index contributed by atoms with van der Waals surface area (Å²) >= 11 is 7.63. The second-order valence-corrected chi connectivity index (χ2v) is 9.04. The molecule has 1 aliphatic rings. The zero-order valence-electron chi connectivity index (χ0n) is 18.0. The van der Waals surface area contributed by atoms with Gasteiger partial charge in [0.2, 0.25) is 5.89 Å². The summed E-state index contributed by atoms with van der Waals surface area (Å²) in [4.78, 5) is 20.5. The van der Waals surface area contributed by atoms with Crippen molar-refractivity contribution in [3.63, 3.8) is 0 Å². The van der Waals surface area contributed by atoms with Gasteiger partial charge in [0.25, 0.3) is 5.91 Å². The Bertz CT molecular complexity index is 1030. The molecule has 168 valence electrons. The molecule has 1 aromatic heterocycles. The summed E-state index contributed by atoms with van der Waals surface area (Å²) in [5.74, 6) is 1.99. The molecule has 0 atom stereocenters. The molecule has 2 aromatic carbocycles. The Hall–Kier alpha value is -2.32. The van der Waals surface area contributed by atoms with Crippen molar-refractivity contribution in [2.45, 2.75) is 17.6 Å². The van der Waals surface area contributed by atoms with Gasteiger partial charge in [-0.2, -0.15) is 0 Å². The average Bonchev–Trinajstić information content (AvgIpc) is 3.20. The topological polar surface area (TPSA) is 67.6 Å². The fourth-order valence-electron chi connectivity index (χ4n) is 3.39. The van der Waals surface area contributed by atoms with E-state index in [1.165, 1.54) is 0 Å². The van der Waals surface area contributed by atoms with Gasteiger partial charge in [-0.25, -0.2) is 4.98 Å². The number of hydrogen-bond donors (Lipinski definition) is 1. The predicted octanol–water partition coefficient (Wildman–Crippen LogP) is 4.66. The molecule has 3 aromatic rings. The number of hydrogen-bond acceptors (Lipinski definition) is 6. The summed E-state index contributed by atoms with van der Waals surface area (Å²) in [6.45, 7) is 6.73. The van der Waals surface area contributed by atoms with Crippen LogP contribution in [0.3, 0.4) is 0 Å². The quantitative estimate of drug-likeness (QED) is 0.482. The molecule has 0 spiro atoms. The van der Waals surface area contributed by atoms with Gasteiger partial charge >= 0.3 is 0 Å². The second kappa shape index (κ2) is 11.0. The van der Waals surface area contributed by atoms with E-state index in [9.17, 15) is 4.79 Å². The number of ether oxygens (including phenoxy) is 1. The van der Waals surface area contributed by atoms with E-state index in [2.05, 4.69) is 15.2 Å². The first-order valence-corrected chi connectivity index (χ1v) is 12.0. The van der Waals surface area contributed by atoms with Crippen LogP contribution in [0.2, 0.25) is 5.02 Å². The maximum atomic E-state index is 12.4. The Morgan fingerprint density at radius 2 is 1.84 bits per heavy atom. The van der Waals surface area contributed by atoms with Gasteiger partial charge in [0, 0.05) is 53.0 Å². The highest BCUT2D eigenvalue weighted by Gasteiger charge is 2.14. The minimum absolute atomic E-state index is 0.0755. The van der Waals surface area contributed by atoms with Gasteiger partial charge < -0.3 is 14.5 Å². The maximum absolute atomic E-state index is 12.4. The van der Waals surface area contributed by atoms with Crippen molar-refractivity contribution >= 4 is 29.3 Å². The summed E-state index contributed by atoms with van der Waals surface area (Å²) in [6, 6.07) is 15.1. The molecule has 1 fully saturated rings. The summed E-state index contributed by atoms with van der Waals surface area (Å²) in [5, 5.41) is 3.71. The average molecular weight is 472 g/mol. The Kier molecular flexibility index (Phi) is 7.86. The Balaban J connectivity index is 1.31. The van der Waals surface area contributed by atoms with Crippen molar-refractivity contribution < 1.29 is 13.9 Å². The Morgan fingerprint density at radius 1 is 1.12 bits per heavy atom. The molecule has 0 radical (unpaired) electrons. The van der Waals surface area contributed by atoms with Gasteiger partial charge in [0.05, 0.1) is 18.9 Å². The highest BCUT2D eigenvalue weighted by Crippen LogP contribution is 2.28. The number of carbonyl (C=O) groups is 1. The number of benzene rings is 2. The molecule has 6 nitrogen and oxygen atoms in total. The van der Waals surface area contributed by atoms with Crippen LogP contribution < -0.4 is 5.32 Å². The van der Waals surface area contributed by atoms with Crippen LogP contribution in [0, 0.1) is 6.92 Å². The monoisotopic (exact) mass is 471 g/mol. The Morgan fingerprint density at radius 3 is 2.56 bits per heavy atom. The molecule has 0 aliphatic carbocycles. The number of aromatic nitrogens is 1. The number of aryl methyl sites for hydroxylation is 1. The number of carbonyl (C=O) groups excluding carboxylic acids is 1. The summed E-state index contributed by atoms with van der Waals surface area (Å²) < 4.78 is 11.2. The molecule has 1 aliphatic heterocycles. The van der Waals surface area contributed by atoms with Gasteiger partial charge in [-0.15, -0.1) is 11.8 Å². The predicted molar refractivity (Wildman–Crippen MR) is 127 cm³/mol. The third-order valence-electron chi connectivity index (χ3n) is 5.29. The van der Waals surface area contributed by atoms with Gasteiger partial charge in [-0.3, -0.25) is 9.69 Å².